The fourth-order valence-corrected chi connectivity index (χ4v) is 1.81. The van der Waals surface area contributed by atoms with Crippen LogP contribution in [-0.4, -0.2) is 9.78 Å². The fraction of sp³-hybridized carbons (Fsp3) is 0.357. The van der Waals surface area contributed by atoms with Crippen molar-refractivity contribution in [2.75, 3.05) is 0 Å². The van der Waals surface area contributed by atoms with E-state index in [1.54, 1.807) is 0 Å². The van der Waals surface area contributed by atoms with Crippen molar-refractivity contribution in [2.45, 2.75) is 33.1 Å². The van der Waals surface area contributed by atoms with Gasteiger partial charge < -0.3 is 0 Å². The molecular weight excluding hydrogens is 232 g/mol. The lowest BCUT2D eigenvalue weighted by Gasteiger charge is -2.14. The molecule has 0 aliphatic rings. The average Bonchev–Trinajstić information content (AvgIpc) is 2.61. The van der Waals surface area contributed by atoms with Crippen molar-refractivity contribution in [3.8, 4) is 5.69 Å². The third-order valence-electron chi connectivity index (χ3n) is 2.73. The molecule has 0 unspecified atom stereocenters. The summed E-state index contributed by atoms with van der Waals surface area (Å²) in [5.74, 6) is 0. The van der Waals surface area contributed by atoms with Gasteiger partial charge in [-0.05, 0) is 37.3 Å². The smallest absolute Gasteiger partial charge is 0.0685 e. The van der Waals surface area contributed by atoms with Gasteiger partial charge in [0, 0.05) is 16.1 Å². The van der Waals surface area contributed by atoms with Gasteiger partial charge in [0.1, 0.15) is 0 Å². The lowest BCUT2D eigenvalue weighted by molar-refractivity contribution is 0.560. The quantitative estimate of drug-likeness (QED) is 0.742. The number of halogens is 1. The Hall–Kier alpha value is -1.28. The maximum atomic E-state index is 5.89. The lowest BCUT2D eigenvalue weighted by Crippen LogP contribution is -2.12. The van der Waals surface area contributed by atoms with E-state index in [9.17, 15) is 0 Å². The van der Waals surface area contributed by atoms with Crippen molar-refractivity contribution in [2.24, 2.45) is 0 Å². The number of hydrogen-bond acceptors (Lipinski definition) is 1. The summed E-state index contributed by atoms with van der Waals surface area (Å²) in [7, 11) is 0. The molecule has 2 aromatic rings. The Labute approximate surface area is 107 Å². The highest BCUT2D eigenvalue weighted by molar-refractivity contribution is 6.30. The van der Waals surface area contributed by atoms with Crippen molar-refractivity contribution in [1.29, 1.82) is 0 Å². The molecule has 0 spiro atoms. The number of aromatic nitrogens is 2. The summed E-state index contributed by atoms with van der Waals surface area (Å²) in [4.78, 5) is 0. The summed E-state index contributed by atoms with van der Waals surface area (Å²) in [6.45, 7) is 8.57. The minimum Gasteiger partial charge on any atom is -0.238 e. The number of nitrogens with zero attached hydrogens (tertiary/aromatic N) is 2. The zero-order valence-corrected chi connectivity index (χ0v) is 11.4. The zero-order chi connectivity index (χ0) is 12.6. The molecule has 0 aliphatic carbocycles. The second kappa shape index (κ2) is 4.19. The van der Waals surface area contributed by atoms with E-state index >= 15 is 0 Å². The molecule has 0 radical (unpaired) electrons. The first-order valence-corrected chi connectivity index (χ1v) is 6.09. The van der Waals surface area contributed by atoms with Crippen LogP contribution in [0.5, 0.6) is 0 Å². The van der Waals surface area contributed by atoms with E-state index in [4.69, 9.17) is 11.6 Å². The van der Waals surface area contributed by atoms with E-state index in [-0.39, 0.29) is 5.41 Å². The summed E-state index contributed by atoms with van der Waals surface area (Å²) in [5, 5.41) is 5.40. The average molecular weight is 249 g/mol. The van der Waals surface area contributed by atoms with Crippen molar-refractivity contribution < 1.29 is 0 Å². The summed E-state index contributed by atoms with van der Waals surface area (Å²) in [6.07, 6.45) is 0. The van der Waals surface area contributed by atoms with Gasteiger partial charge in [0.05, 0.1) is 11.4 Å². The first-order valence-electron chi connectivity index (χ1n) is 5.71. The van der Waals surface area contributed by atoms with E-state index in [1.807, 2.05) is 28.9 Å². The molecule has 0 fully saturated rings. The van der Waals surface area contributed by atoms with Crippen LogP contribution in [-0.2, 0) is 5.41 Å². The van der Waals surface area contributed by atoms with Crippen LogP contribution in [0.25, 0.3) is 5.69 Å². The molecule has 0 N–H and O–H groups in total. The number of aryl methyl sites for hydroxylation is 1. The number of benzene rings is 1. The molecule has 1 heterocycles. The van der Waals surface area contributed by atoms with Gasteiger partial charge in [-0.2, -0.15) is 5.10 Å². The lowest BCUT2D eigenvalue weighted by atomic mass is 9.92. The summed E-state index contributed by atoms with van der Waals surface area (Å²) in [5.41, 5.74) is 3.35. The van der Waals surface area contributed by atoms with Crippen molar-refractivity contribution in [1.82, 2.24) is 9.78 Å². The molecule has 17 heavy (non-hydrogen) atoms. The molecule has 1 aromatic heterocycles. The van der Waals surface area contributed by atoms with Crippen molar-refractivity contribution in [3.05, 3.63) is 46.7 Å². The van der Waals surface area contributed by atoms with Gasteiger partial charge >= 0.3 is 0 Å². The Morgan fingerprint density at radius 2 is 1.71 bits per heavy atom. The van der Waals surface area contributed by atoms with Crippen LogP contribution in [0.1, 0.15) is 32.2 Å². The maximum absolute atomic E-state index is 5.89. The topological polar surface area (TPSA) is 17.8 Å². The molecule has 2 nitrogen and oxygen atoms in total. The summed E-state index contributed by atoms with van der Waals surface area (Å²) < 4.78 is 1.96. The first-order chi connectivity index (χ1) is 7.88. The van der Waals surface area contributed by atoms with Crippen LogP contribution in [0.2, 0.25) is 5.02 Å². The first kappa shape index (κ1) is 12.2. The SMILES string of the molecule is Cc1cc(C(C)(C)C)nn1-c1ccc(Cl)cc1. The molecule has 0 saturated carbocycles. The highest BCUT2D eigenvalue weighted by Crippen LogP contribution is 2.23. The van der Waals surface area contributed by atoms with Gasteiger partial charge in [0.25, 0.3) is 0 Å². The van der Waals surface area contributed by atoms with Gasteiger partial charge in [-0.3, -0.25) is 0 Å². The second-order valence-electron chi connectivity index (χ2n) is 5.31. The normalized spacial score (nSPS) is 11.8. The largest absolute Gasteiger partial charge is 0.238 e. The van der Waals surface area contributed by atoms with Crippen LogP contribution < -0.4 is 0 Å². The van der Waals surface area contributed by atoms with Crippen LogP contribution in [0.3, 0.4) is 0 Å². The fourth-order valence-electron chi connectivity index (χ4n) is 1.68. The third-order valence-corrected chi connectivity index (χ3v) is 2.98. The molecule has 3 heteroatoms. The molecule has 0 aliphatic heterocycles. The van der Waals surface area contributed by atoms with Crippen LogP contribution >= 0.6 is 11.6 Å². The summed E-state index contributed by atoms with van der Waals surface area (Å²) >= 11 is 5.89. The Kier molecular flexibility index (Phi) is 3.00. The Bertz CT molecular complexity index is 518. The molecule has 1 aromatic carbocycles. The molecule has 0 atom stereocenters. The van der Waals surface area contributed by atoms with E-state index in [2.05, 4.69) is 38.9 Å². The van der Waals surface area contributed by atoms with Crippen molar-refractivity contribution in [3.63, 3.8) is 0 Å². The molecule has 2 rings (SSSR count). The van der Waals surface area contributed by atoms with E-state index in [0.717, 1.165) is 22.1 Å². The van der Waals surface area contributed by atoms with Crippen LogP contribution in [0.15, 0.2) is 30.3 Å². The monoisotopic (exact) mass is 248 g/mol. The second-order valence-corrected chi connectivity index (χ2v) is 5.75. The Morgan fingerprint density at radius 3 is 2.18 bits per heavy atom. The minimum absolute atomic E-state index is 0.0719. The van der Waals surface area contributed by atoms with E-state index < -0.39 is 0 Å². The highest BCUT2D eigenvalue weighted by Gasteiger charge is 2.18. The van der Waals surface area contributed by atoms with Crippen molar-refractivity contribution >= 4 is 11.6 Å². The molecular formula is C14H17ClN2. The zero-order valence-electron chi connectivity index (χ0n) is 10.7. The standard InChI is InChI=1S/C14H17ClN2/c1-10-9-13(14(2,3)4)16-17(10)12-7-5-11(15)6-8-12/h5-9H,1-4H3. The van der Waals surface area contributed by atoms with Gasteiger partial charge in [0.15, 0.2) is 0 Å². The third kappa shape index (κ3) is 2.52. The van der Waals surface area contributed by atoms with Gasteiger partial charge in [-0.1, -0.05) is 32.4 Å². The van der Waals surface area contributed by atoms with Gasteiger partial charge in [0.2, 0.25) is 0 Å². The van der Waals surface area contributed by atoms with Gasteiger partial charge in [-0.15, -0.1) is 0 Å². The molecule has 0 saturated heterocycles. The number of rotatable bonds is 1. The Balaban J connectivity index is 2.46. The Morgan fingerprint density at radius 1 is 1.12 bits per heavy atom. The predicted octanol–water partition coefficient (Wildman–Crippen LogP) is 4.13. The number of hydrogen-bond donors (Lipinski definition) is 0. The summed E-state index contributed by atoms with van der Waals surface area (Å²) in [6, 6.07) is 9.86. The minimum atomic E-state index is 0.0719. The van der Waals surface area contributed by atoms with Crippen LogP contribution in [0.4, 0.5) is 0 Å². The molecule has 0 amide bonds. The predicted molar refractivity (Wildman–Crippen MR) is 72.0 cm³/mol. The van der Waals surface area contributed by atoms with E-state index in [0.29, 0.717) is 0 Å². The molecule has 0 bridgehead atoms. The maximum Gasteiger partial charge on any atom is 0.0685 e. The van der Waals surface area contributed by atoms with E-state index in [1.165, 1.54) is 0 Å². The highest BCUT2D eigenvalue weighted by atomic mass is 35.5. The van der Waals surface area contributed by atoms with Crippen LogP contribution in [0, 0.1) is 6.92 Å². The van der Waals surface area contributed by atoms with Gasteiger partial charge in [-0.25, -0.2) is 4.68 Å². The molecule has 90 valence electrons.